The van der Waals surface area contributed by atoms with Crippen molar-refractivity contribution >= 4 is 47.4 Å². The number of rotatable bonds is 22. The maximum Gasteiger partial charge on any atom is 0.343 e. The molecule has 0 radical (unpaired) electrons. The van der Waals surface area contributed by atoms with Gasteiger partial charge in [0.05, 0.1) is 24.3 Å². The molecular weight excluding hydrogens is 661 g/mol. The van der Waals surface area contributed by atoms with Crippen LogP contribution in [0.4, 0.5) is 0 Å². The third-order valence-corrected chi connectivity index (χ3v) is 9.37. The standard InChI is InChI=1S/C39H44O8S2/c1-4-36(40)44-24-10-6-8-12-26-48-33-19-14-30(15-20-33)38(42)46-32-18-23-35(29(3)28-32)47-39(43)31-16-21-34(22-17-31)49-27-13-9-7-11-25-45-37(41)5-2/h4-5,14-23,28H,1-2,6-13,24-27H2,3H3. The number of carbonyl (C=O) groups is 4. The highest BCUT2D eigenvalue weighted by molar-refractivity contribution is 7.99. The van der Waals surface area contributed by atoms with Crippen molar-refractivity contribution in [1.82, 2.24) is 0 Å². The summed E-state index contributed by atoms with van der Waals surface area (Å²) in [6.07, 6.45) is 10.2. The predicted octanol–water partition coefficient (Wildman–Crippen LogP) is 9.20. The Morgan fingerprint density at radius 2 is 1.04 bits per heavy atom. The van der Waals surface area contributed by atoms with Crippen molar-refractivity contribution in [3.8, 4) is 11.5 Å². The predicted molar refractivity (Wildman–Crippen MR) is 195 cm³/mol. The molecule has 3 aromatic rings. The monoisotopic (exact) mass is 704 g/mol. The maximum atomic E-state index is 12.8. The lowest BCUT2D eigenvalue weighted by atomic mass is 10.2. The van der Waals surface area contributed by atoms with Crippen LogP contribution < -0.4 is 9.47 Å². The summed E-state index contributed by atoms with van der Waals surface area (Å²) in [5, 5.41) is 0. The summed E-state index contributed by atoms with van der Waals surface area (Å²) in [6, 6.07) is 19.5. The van der Waals surface area contributed by atoms with Crippen molar-refractivity contribution < 1.29 is 38.1 Å². The van der Waals surface area contributed by atoms with Crippen molar-refractivity contribution in [2.75, 3.05) is 24.7 Å². The SMILES string of the molecule is C=CC(=O)OCCCCCCSc1ccc(C(=O)Oc2ccc(OC(=O)c3ccc(SCCCCCCOC(=O)C=C)cc3)c(C)c2)cc1. The minimum absolute atomic E-state index is 0.359. The molecule has 0 aliphatic rings. The van der Waals surface area contributed by atoms with Crippen LogP contribution in [0.3, 0.4) is 0 Å². The second kappa shape index (κ2) is 22.4. The van der Waals surface area contributed by atoms with Crippen LogP contribution in [0, 0.1) is 6.92 Å². The third-order valence-electron chi connectivity index (χ3n) is 7.18. The van der Waals surface area contributed by atoms with Gasteiger partial charge in [-0.2, -0.15) is 0 Å². The van der Waals surface area contributed by atoms with Gasteiger partial charge in [-0.05, 0) is 116 Å². The summed E-state index contributed by atoms with van der Waals surface area (Å²) in [5.74, 6) is 0.958. The van der Waals surface area contributed by atoms with Gasteiger partial charge in [-0.15, -0.1) is 23.5 Å². The van der Waals surface area contributed by atoms with Gasteiger partial charge < -0.3 is 18.9 Å². The van der Waals surface area contributed by atoms with Crippen LogP contribution in [0.2, 0.25) is 0 Å². The smallest absolute Gasteiger partial charge is 0.343 e. The molecule has 0 aliphatic carbocycles. The average Bonchev–Trinajstić information content (AvgIpc) is 3.11. The molecule has 0 aliphatic heterocycles. The molecule has 49 heavy (non-hydrogen) atoms. The van der Waals surface area contributed by atoms with Crippen molar-refractivity contribution in [1.29, 1.82) is 0 Å². The second-order valence-electron chi connectivity index (χ2n) is 11.0. The van der Waals surface area contributed by atoms with E-state index in [0.29, 0.717) is 41.4 Å². The molecule has 0 bridgehead atoms. The zero-order valence-electron chi connectivity index (χ0n) is 28.0. The van der Waals surface area contributed by atoms with Crippen LogP contribution in [0.5, 0.6) is 11.5 Å². The fourth-order valence-corrected chi connectivity index (χ4v) is 6.28. The number of ether oxygens (including phenoxy) is 4. The molecule has 0 unspecified atom stereocenters. The van der Waals surface area contributed by atoms with Crippen LogP contribution in [0.25, 0.3) is 0 Å². The summed E-state index contributed by atoms with van der Waals surface area (Å²) in [7, 11) is 0. The number of hydrogen-bond donors (Lipinski definition) is 0. The highest BCUT2D eigenvalue weighted by Crippen LogP contribution is 2.27. The Morgan fingerprint density at radius 1 is 0.592 bits per heavy atom. The molecule has 260 valence electrons. The van der Waals surface area contributed by atoms with Gasteiger partial charge >= 0.3 is 23.9 Å². The van der Waals surface area contributed by atoms with E-state index >= 15 is 0 Å². The van der Waals surface area contributed by atoms with E-state index in [2.05, 4.69) is 13.2 Å². The largest absolute Gasteiger partial charge is 0.463 e. The fraction of sp³-hybridized carbons (Fsp3) is 0.333. The van der Waals surface area contributed by atoms with Gasteiger partial charge in [0.1, 0.15) is 11.5 Å². The Hall–Kier alpha value is -4.28. The van der Waals surface area contributed by atoms with E-state index in [-0.39, 0.29) is 11.9 Å². The molecule has 0 fully saturated rings. The van der Waals surface area contributed by atoms with E-state index in [4.69, 9.17) is 18.9 Å². The van der Waals surface area contributed by atoms with E-state index in [9.17, 15) is 19.2 Å². The molecule has 3 rings (SSSR count). The first-order chi connectivity index (χ1) is 23.8. The van der Waals surface area contributed by atoms with Crippen molar-refractivity contribution in [2.45, 2.75) is 68.1 Å². The molecule has 0 saturated heterocycles. The first-order valence-electron chi connectivity index (χ1n) is 16.4. The third kappa shape index (κ3) is 15.2. The lowest BCUT2D eigenvalue weighted by Gasteiger charge is -2.10. The Kier molecular flexibility index (Phi) is 17.9. The first-order valence-corrected chi connectivity index (χ1v) is 18.4. The minimum Gasteiger partial charge on any atom is -0.463 e. The van der Waals surface area contributed by atoms with Crippen LogP contribution in [-0.4, -0.2) is 48.6 Å². The quantitative estimate of drug-likeness (QED) is 0.0331. The molecule has 8 nitrogen and oxygen atoms in total. The fourth-order valence-electron chi connectivity index (χ4n) is 4.46. The first kappa shape index (κ1) is 39.2. The second-order valence-corrected chi connectivity index (χ2v) is 13.4. The molecule has 0 amide bonds. The molecule has 0 saturated carbocycles. The summed E-state index contributed by atoms with van der Waals surface area (Å²) in [4.78, 5) is 49.8. The summed E-state index contributed by atoms with van der Waals surface area (Å²) < 4.78 is 21.2. The number of aryl methyl sites for hydroxylation is 1. The number of esters is 4. The van der Waals surface area contributed by atoms with E-state index in [1.165, 1.54) is 12.2 Å². The molecule has 0 atom stereocenters. The van der Waals surface area contributed by atoms with E-state index in [1.54, 1.807) is 72.9 Å². The van der Waals surface area contributed by atoms with Gasteiger partial charge in [0, 0.05) is 21.9 Å². The Bertz CT molecular complexity index is 1530. The molecule has 3 aromatic carbocycles. The van der Waals surface area contributed by atoms with E-state index in [0.717, 1.165) is 72.7 Å². The summed E-state index contributed by atoms with van der Waals surface area (Å²) in [5.41, 5.74) is 1.55. The van der Waals surface area contributed by atoms with Gasteiger partial charge in [-0.3, -0.25) is 0 Å². The zero-order valence-corrected chi connectivity index (χ0v) is 29.6. The number of benzene rings is 3. The van der Waals surface area contributed by atoms with Crippen molar-refractivity contribution in [3.63, 3.8) is 0 Å². The molecule has 0 aromatic heterocycles. The van der Waals surface area contributed by atoms with Gasteiger partial charge in [0.15, 0.2) is 0 Å². The number of thioether (sulfide) groups is 2. The normalized spacial score (nSPS) is 10.6. The zero-order chi connectivity index (χ0) is 35.3. The minimum atomic E-state index is -0.470. The summed E-state index contributed by atoms with van der Waals surface area (Å²) in [6.45, 7) is 9.39. The number of carbonyl (C=O) groups excluding carboxylic acids is 4. The molecular formula is C39H44O8S2. The Balaban J connectivity index is 1.35. The number of hydrogen-bond acceptors (Lipinski definition) is 10. The van der Waals surface area contributed by atoms with Gasteiger partial charge in [0.25, 0.3) is 0 Å². The highest BCUT2D eigenvalue weighted by atomic mass is 32.2. The van der Waals surface area contributed by atoms with Crippen LogP contribution >= 0.6 is 23.5 Å². The Labute approximate surface area is 297 Å². The van der Waals surface area contributed by atoms with Gasteiger partial charge in [-0.1, -0.05) is 38.8 Å². The average molecular weight is 705 g/mol. The van der Waals surface area contributed by atoms with E-state index in [1.807, 2.05) is 24.3 Å². The van der Waals surface area contributed by atoms with Crippen LogP contribution in [0.1, 0.15) is 77.6 Å². The molecule has 0 heterocycles. The van der Waals surface area contributed by atoms with E-state index < -0.39 is 11.9 Å². The Morgan fingerprint density at radius 3 is 1.49 bits per heavy atom. The van der Waals surface area contributed by atoms with Crippen LogP contribution in [-0.2, 0) is 19.1 Å². The molecule has 0 N–H and O–H groups in total. The lowest BCUT2D eigenvalue weighted by molar-refractivity contribution is -0.138. The number of unbranched alkanes of at least 4 members (excludes halogenated alkanes) is 6. The maximum absolute atomic E-state index is 12.8. The molecule has 0 spiro atoms. The topological polar surface area (TPSA) is 105 Å². The summed E-state index contributed by atoms with van der Waals surface area (Å²) >= 11 is 3.45. The van der Waals surface area contributed by atoms with Gasteiger partial charge in [-0.25, -0.2) is 19.2 Å². The van der Waals surface area contributed by atoms with Crippen molar-refractivity contribution in [3.05, 3.63) is 109 Å². The van der Waals surface area contributed by atoms with Crippen LogP contribution in [0.15, 0.2) is 102 Å². The molecule has 10 heteroatoms. The highest BCUT2D eigenvalue weighted by Gasteiger charge is 2.14. The lowest BCUT2D eigenvalue weighted by Crippen LogP contribution is -2.10. The van der Waals surface area contributed by atoms with Crippen molar-refractivity contribution in [2.24, 2.45) is 0 Å². The van der Waals surface area contributed by atoms with Gasteiger partial charge in [0.2, 0.25) is 0 Å².